The van der Waals surface area contributed by atoms with Gasteiger partial charge in [0.05, 0.1) is 11.1 Å². The topological polar surface area (TPSA) is 104 Å². The molecule has 0 saturated heterocycles. The summed E-state index contributed by atoms with van der Waals surface area (Å²) in [4.78, 5) is 33.6. The normalized spacial score (nSPS) is 12.5. The summed E-state index contributed by atoms with van der Waals surface area (Å²) < 4.78 is 37.4. The van der Waals surface area contributed by atoms with Crippen LogP contribution >= 0.6 is 11.8 Å². The number of amides is 1. The number of alkyl halides is 3. The molecule has 126 valence electrons. The van der Waals surface area contributed by atoms with Crippen molar-refractivity contribution >= 4 is 28.8 Å². The number of aromatic hydroxyl groups is 1. The lowest BCUT2D eigenvalue weighted by atomic mass is 10.1. The van der Waals surface area contributed by atoms with Gasteiger partial charge in [-0.15, -0.1) is 0 Å². The van der Waals surface area contributed by atoms with Crippen LogP contribution in [0, 0.1) is 0 Å². The summed E-state index contributed by atoms with van der Waals surface area (Å²) in [7, 11) is 0. The van der Waals surface area contributed by atoms with E-state index in [4.69, 9.17) is 5.11 Å². The van der Waals surface area contributed by atoms with Crippen LogP contribution in [0.15, 0.2) is 18.2 Å². The van der Waals surface area contributed by atoms with Crippen molar-refractivity contribution < 1.29 is 37.8 Å². The Hall–Kier alpha value is -2.23. The fourth-order valence-corrected chi connectivity index (χ4v) is 2.41. The summed E-state index contributed by atoms with van der Waals surface area (Å²) in [5, 5.41) is 19.7. The third kappa shape index (κ3) is 5.47. The molecule has 0 aliphatic carbocycles. The molecule has 23 heavy (non-hydrogen) atoms. The molecule has 0 fully saturated rings. The van der Waals surface area contributed by atoms with E-state index in [1.807, 2.05) is 0 Å². The van der Waals surface area contributed by atoms with E-state index in [0.29, 0.717) is 23.9 Å². The second-order valence-corrected chi connectivity index (χ2v) is 5.41. The van der Waals surface area contributed by atoms with Crippen LogP contribution in [0.2, 0.25) is 0 Å². The van der Waals surface area contributed by atoms with Gasteiger partial charge in [0, 0.05) is 12.7 Å². The van der Waals surface area contributed by atoms with Crippen molar-refractivity contribution in [2.24, 2.45) is 0 Å². The number of nitrogens with one attached hydrogen (secondary N) is 1. The maximum atomic E-state index is 12.5. The van der Waals surface area contributed by atoms with Gasteiger partial charge in [-0.05, 0) is 18.2 Å². The minimum atomic E-state index is -4.66. The molecule has 0 saturated carbocycles. The van der Waals surface area contributed by atoms with Gasteiger partial charge in [-0.25, -0.2) is 4.79 Å². The van der Waals surface area contributed by atoms with E-state index in [1.165, 1.54) is 0 Å². The average molecular weight is 351 g/mol. The number of thioether (sulfide) groups is 1. The fraction of sp³-hybridized carbons (Fsp3) is 0.308. The highest BCUT2D eigenvalue weighted by atomic mass is 32.2. The van der Waals surface area contributed by atoms with Crippen molar-refractivity contribution in [1.29, 1.82) is 0 Å². The van der Waals surface area contributed by atoms with Crippen LogP contribution in [0.1, 0.15) is 22.8 Å². The van der Waals surface area contributed by atoms with Gasteiger partial charge in [0.1, 0.15) is 11.8 Å². The second kappa shape index (κ2) is 7.36. The third-order valence-corrected chi connectivity index (χ3v) is 3.58. The minimum Gasteiger partial charge on any atom is -0.507 e. The monoisotopic (exact) mass is 351 g/mol. The van der Waals surface area contributed by atoms with Crippen LogP contribution in [0.4, 0.5) is 13.2 Å². The molecule has 0 aliphatic rings. The first-order valence-corrected chi connectivity index (χ1v) is 7.08. The van der Waals surface area contributed by atoms with Crippen LogP contribution in [0.25, 0.3) is 0 Å². The first kappa shape index (κ1) is 18.8. The molecule has 10 heteroatoms. The highest BCUT2D eigenvalue weighted by Crippen LogP contribution is 2.33. The van der Waals surface area contributed by atoms with Gasteiger partial charge < -0.3 is 15.5 Å². The van der Waals surface area contributed by atoms with E-state index in [0.717, 1.165) is 13.0 Å². The molecule has 1 aromatic carbocycles. The lowest BCUT2D eigenvalue weighted by Crippen LogP contribution is -2.41. The SMILES string of the molecule is CC(=O)N[C@@H](CSC(=O)c1ccc(C(F)(F)F)cc1O)C(=O)O. The molecule has 1 aromatic rings. The number of carboxylic acid groups (broad SMARTS) is 1. The van der Waals surface area contributed by atoms with Gasteiger partial charge in [-0.2, -0.15) is 13.2 Å². The molecule has 0 heterocycles. The van der Waals surface area contributed by atoms with E-state index in [9.17, 15) is 32.7 Å². The Balaban J connectivity index is 2.82. The van der Waals surface area contributed by atoms with Crippen LogP contribution in [0.5, 0.6) is 5.75 Å². The zero-order valence-corrected chi connectivity index (χ0v) is 12.5. The number of phenolic OH excluding ortho intramolecular Hbond substituents is 1. The van der Waals surface area contributed by atoms with E-state index in [2.05, 4.69) is 5.32 Å². The molecule has 1 rings (SSSR count). The van der Waals surface area contributed by atoms with Gasteiger partial charge in [0.2, 0.25) is 11.0 Å². The predicted molar refractivity (Wildman–Crippen MR) is 75.1 cm³/mol. The van der Waals surface area contributed by atoms with Gasteiger partial charge in [-0.3, -0.25) is 9.59 Å². The number of carbonyl (C=O) groups excluding carboxylic acids is 2. The van der Waals surface area contributed by atoms with Crippen LogP contribution in [-0.2, 0) is 15.8 Å². The van der Waals surface area contributed by atoms with E-state index in [1.54, 1.807) is 0 Å². The van der Waals surface area contributed by atoms with Crippen molar-refractivity contribution in [2.75, 3.05) is 5.75 Å². The highest BCUT2D eigenvalue weighted by molar-refractivity contribution is 8.14. The molecule has 0 aliphatic heterocycles. The molecule has 1 amide bonds. The molecule has 1 atom stereocenters. The number of carbonyl (C=O) groups is 3. The van der Waals surface area contributed by atoms with Gasteiger partial charge in [0.25, 0.3) is 0 Å². The van der Waals surface area contributed by atoms with Crippen LogP contribution in [0.3, 0.4) is 0 Å². The van der Waals surface area contributed by atoms with Gasteiger partial charge in [0.15, 0.2) is 0 Å². The van der Waals surface area contributed by atoms with Crippen molar-refractivity contribution in [2.45, 2.75) is 19.1 Å². The summed E-state index contributed by atoms with van der Waals surface area (Å²) >= 11 is 0.460. The number of carboxylic acids is 1. The second-order valence-electron chi connectivity index (χ2n) is 4.42. The maximum Gasteiger partial charge on any atom is 0.416 e. The van der Waals surface area contributed by atoms with Crippen LogP contribution in [-0.4, -0.2) is 39.0 Å². The smallest absolute Gasteiger partial charge is 0.416 e. The van der Waals surface area contributed by atoms with Gasteiger partial charge in [-0.1, -0.05) is 11.8 Å². The Bertz CT molecular complexity index is 633. The average Bonchev–Trinajstić information content (AvgIpc) is 2.41. The van der Waals surface area contributed by atoms with Crippen molar-refractivity contribution in [1.82, 2.24) is 5.32 Å². The van der Waals surface area contributed by atoms with E-state index in [-0.39, 0.29) is 11.3 Å². The number of halogens is 3. The standard InChI is InChI=1S/C13H12F3NO5S/c1-6(18)17-9(11(20)21)5-23-12(22)8-3-2-7(4-10(8)19)13(14,15)16/h2-4,9,19H,5H2,1H3,(H,17,18)(H,20,21)/t9-/m0/s1. The van der Waals surface area contributed by atoms with Crippen LogP contribution < -0.4 is 5.32 Å². The number of aliphatic carboxylic acids is 1. The molecule has 0 aromatic heterocycles. The number of hydrogen-bond acceptors (Lipinski definition) is 5. The molecule has 6 nitrogen and oxygen atoms in total. The fourth-order valence-electron chi connectivity index (χ4n) is 1.54. The first-order valence-electron chi connectivity index (χ1n) is 6.09. The lowest BCUT2D eigenvalue weighted by Gasteiger charge is -2.13. The maximum absolute atomic E-state index is 12.5. The number of phenols is 1. The zero-order chi connectivity index (χ0) is 17.8. The summed E-state index contributed by atoms with van der Waals surface area (Å²) in [6.07, 6.45) is -4.66. The van der Waals surface area contributed by atoms with E-state index >= 15 is 0 Å². The Morgan fingerprint density at radius 2 is 1.91 bits per heavy atom. The number of benzene rings is 1. The summed E-state index contributed by atoms with van der Waals surface area (Å²) in [6.45, 7) is 1.10. The van der Waals surface area contributed by atoms with E-state index < -0.39 is 40.5 Å². The Kier molecular flexibility index (Phi) is 6.02. The summed E-state index contributed by atoms with van der Waals surface area (Å²) in [6, 6.07) is 0.520. The molecule has 0 bridgehead atoms. The molecular weight excluding hydrogens is 339 g/mol. The first-order chi connectivity index (χ1) is 10.5. The quantitative estimate of drug-likeness (QED) is 0.748. The summed E-state index contributed by atoms with van der Waals surface area (Å²) in [5.74, 6) is -3.17. The zero-order valence-electron chi connectivity index (χ0n) is 11.7. The molecule has 0 radical (unpaired) electrons. The molecule has 0 spiro atoms. The largest absolute Gasteiger partial charge is 0.507 e. The Morgan fingerprint density at radius 3 is 2.35 bits per heavy atom. The molecule has 3 N–H and O–H groups in total. The third-order valence-electron chi connectivity index (χ3n) is 2.60. The van der Waals surface area contributed by atoms with Gasteiger partial charge >= 0.3 is 12.1 Å². The molecule has 0 unspecified atom stereocenters. The number of rotatable bonds is 5. The lowest BCUT2D eigenvalue weighted by molar-refractivity contribution is -0.140. The summed E-state index contributed by atoms with van der Waals surface area (Å²) in [5.41, 5.74) is -1.49. The Morgan fingerprint density at radius 1 is 1.30 bits per heavy atom. The van der Waals surface area contributed by atoms with Crippen molar-refractivity contribution in [3.8, 4) is 5.75 Å². The predicted octanol–water partition coefficient (Wildman–Crippen LogP) is 1.87. The number of hydrogen-bond donors (Lipinski definition) is 3. The highest BCUT2D eigenvalue weighted by Gasteiger charge is 2.31. The Labute approximate surface area is 132 Å². The molecular formula is C13H12F3NO5S. The van der Waals surface area contributed by atoms with Crippen molar-refractivity contribution in [3.63, 3.8) is 0 Å². The van der Waals surface area contributed by atoms with Crippen molar-refractivity contribution in [3.05, 3.63) is 29.3 Å². The minimum absolute atomic E-state index is 0.339.